The highest BCUT2D eigenvalue weighted by molar-refractivity contribution is 9.10. The monoisotopic (exact) mass is 335 g/mol. The van der Waals surface area contributed by atoms with Crippen molar-refractivity contribution in [3.63, 3.8) is 0 Å². The Kier molecular flexibility index (Phi) is 4.56. The third-order valence-electron chi connectivity index (χ3n) is 3.82. The summed E-state index contributed by atoms with van der Waals surface area (Å²) in [6.07, 6.45) is -3.59. The lowest BCUT2D eigenvalue weighted by Gasteiger charge is -2.33. The minimum atomic E-state index is -4.03. The van der Waals surface area contributed by atoms with Crippen LogP contribution in [0.1, 0.15) is 24.0 Å². The second kappa shape index (κ2) is 5.83. The molecule has 0 aliphatic carbocycles. The van der Waals surface area contributed by atoms with Gasteiger partial charge in [0.25, 0.3) is 0 Å². The summed E-state index contributed by atoms with van der Waals surface area (Å²) < 4.78 is 38.8. The lowest BCUT2D eigenvalue weighted by Crippen LogP contribution is -2.38. The summed E-state index contributed by atoms with van der Waals surface area (Å²) in [5, 5.41) is 0. The molecule has 0 amide bonds. The van der Waals surface area contributed by atoms with Gasteiger partial charge < -0.3 is 0 Å². The standard InChI is InChI=1S/C14H17BrF3N/c1-10-11(3-2-4-13(10)15)9-19-7-5-12(6-8-19)14(16,17)18/h2-4,12H,5-9H2,1H3. The fraction of sp³-hybridized carbons (Fsp3) is 0.571. The SMILES string of the molecule is Cc1c(Br)cccc1CN1CCC(C(F)(F)F)CC1. The van der Waals surface area contributed by atoms with Crippen LogP contribution >= 0.6 is 15.9 Å². The summed E-state index contributed by atoms with van der Waals surface area (Å²) in [5.74, 6) is -1.12. The lowest BCUT2D eigenvalue weighted by atomic mass is 9.95. The topological polar surface area (TPSA) is 3.24 Å². The van der Waals surface area contributed by atoms with E-state index in [1.807, 2.05) is 25.1 Å². The molecule has 1 fully saturated rings. The van der Waals surface area contributed by atoms with Gasteiger partial charge in [-0.25, -0.2) is 0 Å². The van der Waals surface area contributed by atoms with Crippen molar-refractivity contribution in [2.75, 3.05) is 13.1 Å². The summed E-state index contributed by atoms with van der Waals surface area (Å²) in [6.45, 7) is 3.81. The number of rotatable bonds is 2. The van der Waals surface area contributed by atoms with Crippen molar-refractivity contribution in [2.24, 2.45) is 5.92 Å². The number of halogens is 4. The highest BCUT2D eigenvalue weighted by Crippen LogP contribution is 2.34. The van der Waals surface area contributed by atoms with E-state index in [4.69, 9.17) is 0 Å². The summed E-state index contributed by atoms with van der Waals surface area (Å²) in [6, 6.07) is 5.99. The Hall–Kier alpha value is -0.550. The zero-order chi connectivity index (χ0) is 14.0. The fourth-order valence-corrected chi connectivity index (χ4v) is 2.89. The van der Waals surface area contributed by atoms with E-state index in [1.54, 1.807) is 0 Å². The highest BCUT2D eigenvalue weighted by atomic mass is 79.9. The van der Waals surface area contributed by atoms with E-state index in [-0.39, 0.29) is 12.8 Å². The Labute approximate surface area is 119 Å². The van der Waals surface area contributed by atoms with E-state index in [9.17, 15) is 13.2 Å². The van der Waals surface area contributed by atoms with Gasteiger partial charge >= 0.3 is 6.18 Å². The summed E-state index contributed by atoms with van der Waals surface area (Å²) in [5.41, 5.74) is 2.35. The second-order valence-electron chi connectivity index (χ2n) is 5.12. The first-order valence-corrected chi connectivity index (χ1v) is 7.20. The van der Waals surface area contributed by atoms with E-state index in [0.717, 1.165) is 11.0 Å². The number of hydrogen-bond donors (Lipinski definition) is 0. The van der Waals surface area contributed by atoms with Crippen molar-refractivity contribution >= 4 is 15.9 Å². The average Bonchev–Trinajstić information content (AvgIpc) is 2.35. The van der Waals surface area contributed by atoms with E-state index >= 15 is 0 Å². The van der Waals surface area contributed by atoms with E-state index in [1.165, 1.54) is 11.1 Å². The Morgan fingerprint density at radius 2 is 1.89 bits per heavy atom. The molecule has 0 saturated carbocycles. The number of likely N-dealkylation sites (tertiary alicyclic amines) is 1. The zero-order valence-corrected chi connectivity index (χ0v) is 12.4. The van der Waals surface area contributed by atoms with Gasteiger partial charge in [-0.05, 0) is 50.0 Å². The first-order valence-electron chi connectivity index (χ1n) is 6.41. The van der Waals surface area contributed by atoms with Gasteiger partial charge in [-0.1, -0.05) is 28.1 Å². The average molecular weight is 336 g/mol. The summed E-state index contributed by atoms with van der Waals surface area (Å²) in [4.78, 5) is 2.11. The van der Waals surface area contributed by atoms with Crippen LogP contribution in [0.25, 0.3) is 0 Å². The molecule has 0 unspecified atom stereocenters. The number of nitrogens with zero attached hydrogens (tertiary/aromatic N) is 1. The van der Waals surface area contributed by atoms with E-state index in [0.29, 0.717) is 13.1 Å². The maximum Gasteiger partial charge on any atom is 0.391 e. The number of alkyl halides is 3. The van der Waals surface area contributed by atoms with Crippen molar-refractivity contribution < 1.29 is 13.2 Å². The maximum atomic E-state index is 12.6. The molecule has 0 N–H and O–H groups in total. The minimum absolute atomic E-state index is 0.219. The van der Waals surface area contributed by atoms with Crippen LogP contribution in [0.15, 0.2) is 22.7 Å². The summed E-state index contributed by atoms with van der Waals surface area (Å²) >= 11 is 3.48. The van der Waals surface area contributed by atoms with Crippen LogP contribution in [0.4, 0.5) is 13.2 Å². The molecule has 5 heteroatoms. The molecule has 0 atom stereocenters. The van der Waals surface area contributed by atoms with Crippen molar-refractivity contribution in [2.45, 2.75) is 32.5 Å². The number of piperidine rings is 1. The molecule has 1 aliphatic rings. The first kappa shape index (κ1) is 14.9. The normalized spacial score (nSPS) is 18.8. The van der Waals surface area contributed by atoms with Gasteiger partial charge in [-0.3, -0.25) is 4.90 Å². The lowest BCUT2D eigenvalue weighted by molar-refractivity contribution is -0.185. The van der Waals surface area contributed by atoms with Crippen LogP contribution in [-0.2, 0) is 6.54 Å². The maximum absolute atomic E-state index is 12.6. The smallest absolute Gasteiger partial charge is 0.299 e. The van der Waals surface area contributed by atoms with Crippen LogP contribution in [-0.4, -0.2) is 24.2 Å². The van der Waals surface area contributed by atoms with Gasteiger partial charge in [0.05, 0.1) is 5.92 Å². The van der Waals surface area contributed by atoms with Crippen LogP contribution < -0.4 is 0 Å². The molecule has 106 valence electrons. The molecule has 1 heterocycles. The third kappa shape index (κ3) is 3.72. The van der Waals surface area contributed by atoms with Crippen molar-refractivity contribution in [1.29, 1.82) is 0 Å². The van der Waals surface area contributed by atoms with Gasteiger partial charge in [-0.15, -0.1) is 0 Å². The van der Waals surface area contributed by atoms with Crippen molar-refractivity contribution in [3.8, 4) is 0 Å². The van der Waals surface area contributed by atoms with Gasteiger partial charge in [-0.2, -0.15) is 13.2 Å². The van der Waals surface area contributed by atoms with E-state index < -0.39 is 12.1 Å². The van der Waals surface area contributed by atoms with Gasteiger partial charge in [0.2, 0.25) is 0 Å². The molecule has 2 rings (SSSR count). The van der Waals surface area contributed by atoms with Crippen LogP contribution in [0.2, 0.25) is 0 Å². The van der Waals surface area contributed by atoms with Crippen molar-refractivity contribution in [3.05, 3.63) is 33.8 Å². The number of benzene rings is 1. The second-order valence-corrected chi connectivity index (χ2v) is 5.97. The first-order chi connectivity index (χ1) is 8.88. The molecule has 1 aromatic rings. The van der Waals surface area contributed by atoms with Crippen LogP contribution in [0.5, 0.6) is 0 Å². The molecule has 1 aliphatic heterocycles. The molecular formula is C14H17BrF3N. The minimum Gasteiger partial charge on any atom is -0.299 e. The largest absolute Gasteiger partial charge is 0.391 e. The van der Waals surface area contributed by atoms with Crippen molar-refractivity contribution in [1.82, 2.24) is 4.90 Å². The zero-order valence-electron chi connectivity index (χ0n) is 10.8. The fourth-order valence-electron chi connectivity index (χ4n) is 2.48. The molecule has 0 bridgehead atoms. The Morgan fingerprint density at radius 3 is 2.47 bits per heavy atom. The van der Waals surface area contributed by atoms with E-state index in [2.05, 4.69) is 20.8 Å². The quantitative estimate of drug-likeness (QED) is 0.767. The predicted octanol–water partition coefficient (Wildman–Crippen LogP) is 4.53. The predicted molar refractivity (Wildman–Crippen MR) is 72.9 cm³/mol. The third-order valence-corrected chi connectivity index (χ3v) is 4.68. The molecular weight excluding hydrogens is 319 g/mol. The van der Waals surface area contributed by atoms with Gasteiger partial charge in [0.1, 0.15) is 0 Å². The summed E-state index contributed by atoms with van der Waals surface area (Å²) in [7, 11) is 0. The van der Waals surface area contributed by atoms with Crippen LogP contribution in [0, 0.1) is 12.8 Å². The van der Waals surface area contributed by atoms with Crippen LogP contribution in [0.3, 0.4) is 0 Å². The highest BCUT2D eigenvalue weighted by Gasteiger charge is 2.40. The molecule has 0 spiro atoms. The van der Waals surface area contributed by atoms with Gasteiger partial charge in [0, 0.05) is 11.0 Å². The Bertz CT molecular complexity index is 437. The van der Waals surface area contributed by atoms with Gasteiger partial charge in [0.15, 0.2) is 0 Å². The molecule has 1 aromatic carbocycles. The number of hydrogen-bond acceptors (Lipinski definition) is 1. The molecule has 19 heavy (non-hydrogen) atoms. The molecule has 0 aromatic heterocycles. The molecule has 0 radical (unpaired) electrons. The molecule has 1 saturated heterocycles. The Morgan fingerprint density at radius 1 is 1.26 bits per heavy atom. The Balaban J connectivity index is 1.94. The molecule has 1 nitrogen and oxygen atoms in total.